The van der Waals surface area contributed by atoms with Crippen LogP contribution in [0.3, 0.4) is 0 Å². The quantitative estimate of drug-likeness (QED) is 0.0368. The number of rotatable bonds is 21. The molecule has 0 aromatic heterocycles. The highest BCUT2D eigenvalue weighted by Gasteiger charge is 2.65. The lowest BCUT2D eigenvalue weighted by atomic mass is 9.55. The maximum atomic E-state index is 15.5. The summed E-state index contributed by atoms with van der Waals surface area (Å²) >= 11 is 1.69. The zero-order chi connectivity index (χ0) is 47.0. The van der Waals surface area contributed by atoms with Gasteiger partial charge in [0.15, 0.2) is 0 Å². The van der Waals surface area contributed by atoms with Crippen LogP contribution in [-0.4, -0.2) is 70.2 Å². The summed E-state index contributed by atoms with van der Waals surface area (Å²) in [6.45, 7) is 11.0. The highest BCUT2D eigenvalue weighted by Crippen LogP contribution is 2.62. The summed E-state index contributed by atoms with van der Waals surface area (Å²) in [5.41, 5.74) is 3.33. The number of unbranched alkanes of at least 4 members (excludes halogenated alkanes) is 2. The number of hydrogen-bond donors (Lipinski definition) is 2. The van der Waals surface area contributed by atoms with Crippen molar-refractivity contribution in [3.63, 3.8) is 0 Å². The van der Waals surface area contributed by atoms with E-state index >= 15 is 4.79 Å². The van der Waals surface area contributed by atoms with E-state index in [-0.39, 0.29) is 43.5 Å². The number of ether oxygens (including phenoxy) is 3. The Balaban J connectivity index is 1.34. The summed E-state index contributed by atoms with van der Waals surface area (Å²) in [5, 5.41) is 27.5. The molecule has 4 aromatic rings. The van der Waals surface area contributed by atoms with Gasteiger partial charge in [-0.25, -0.2) is 0 Å². The first-order valence-corrected chi connectivity index (χ1v) is 26.1. The molecule has 4 aliphatic rings. The van der Waals surface area contributed by atoms with Crippen LogP contribution in [-0.2, 0) is 20.9 Å². The summed E-state index contributed by atoms with van der Waals surface area (Å²) < 4.78 is 21.6. The Bertz CT molecular complexity index is 2360. The third kappa shape index (κ3) is 11.1. The molecule has 9 nitrogen and oxygen atoms in total. The maximum Gasteiger partial charge on any atom is 0.239 e. The average molecular weight is 929 g/mol. The number of amides is 1. The number of carbonyl (C=O) groups excluding carboxylic acids is 1. The van der Waals surface area contributed by atoms with E-state index in [2.05, 4.69) is 84.5 Å². The number of aliphatic hydroxyl groups excluding tert-OH is 2. The predicted octanol–water partition coefficient (Wildman–Crippen LogP) is 12.8. The number of oxime groups is 1. The van der Waals surface area contributed by atoms with E-state index in [1.165, 1.54) is 12.8 Å². The van der Waals surface area contributed by atoms with Crippen molar-refractivity contribution in [1.29, 1.82) is 0 Å². The van der Waals surface area contributed by atoms with Gasteiger partial charge in [0.2, 0.25) is 11.7 Å². The lowest BCUT2D eigenvalue weighted by molar-refractivity contribution is -0.258. The largest absolute Gasteiger partial charge is 0.459 e. The minimum Gasteiger partial charge on any atom is -0.459 e. The van der Waals surface area contributed by atoms with Gasteiger partial charge >= 0.3 is 0 Å². The van der Waals surface area contributed by atoms with Gasteiger partial charge in [-0.05, 0) is 141 Å². The molecule has 0 spiro atoms. The van der Waals surface area contributed by atoms with E-state index in [1.807, 2.05) is 45.0 Å². The minimum atomic E-state index is -1.35. The second-order valence-corrected chi connectivity index (χ2v) is 21.0. The molecule has 1 aliphatic heterocycles. The molecule has 0 bridgehead atoms. The van der Waals surface area contributed by atoms with E-state index in [0.717, 1.165) is 88.8 Å². The molecular formula is C57H72N2O7S. The lowest BCUT2D eigenvalue weighted by Gasteiger charge is -2.60. The molecule has 8 rings (SSSR count). The fraction of sp³-hybridized carbons (Fsp3) is 0.509. The first-order chi connectivity index (χ1) is 32.5. The molecule has 2 saturated carbocycles. The summed E-state index contributed by atoms with van der Waals surface area (Å²) in [6, 6.07) is 28.5. The predicted molar refractivity (Wildman–Crippen MR) is 270 cm³/mol. The molecule has 2 fully saturated rings. The molecule has 0 unspecified atom stereocenters. The Morgan fingerprint density at radius 2 is 1.66 bits per heavy atom. The van der Waals surface area contributed by atoms with Gasteiger partial charge in [0.1, 0.15) is 28.9 Å². The van der Waals surface area contributed by atoms with E-state index in [4.69, 9.17) is 24.2 Å². The van der Waals surface area contributed by atoms with Crippen LogP contribution >= 0.6 is 11.8 Å². The fourth-order valence-corrected chi connectivity index (χ4v) is 11.8. The van der Waals surface area contributed by atoms with Crippen LogP contribution in [0.25, 0.3) is 10.8 Å². The molecule has 3 aliphatic carbocycles. The summed E-state index contributed by atoms with van der Waals surface area (Å²) in [5.74, 6) is 1.05. The van der Waals surface area contributed by atoms with Gasteiger partial charge in [-0.2, -0.15) is 0 Å². The number of allylic oxidation sites excluding steroid dienone is 1. The molecular weight excluding hydrogens is 857 g/mol. The molecule has 0 saturated heterocycles. The Kier molecular flexibility index (Phi) is 16.2. The van der Waals surface area contributed by atoms with Gasteiger partial charge < -0.3 is 34.2 Å². The van der Waals surface area contributed by atoms with Crippen molar-refractivity contribution >= 4 is 34.2 Å². The third-order valence-electron chi connectivity index (χ3n) is 14.5. The van der Waals surface area contributed by atoms with Crippen LogP contribution in [0.15, 0.2) is 119 Å². The second kappa shape index (κ2) is 22.2. The highest BCUT2D eigenvalue weighted by molar-refractivity contribution is 7.98. The zero-order valence-corrected chi connectivity index (χ0v) is 41.0. The van der Waals surface area contributed by atoms with Crippen LogP contribution in [0.2, 0.25) is 0 Å². The number of aliphatic hydroxyl groups is 2. The van der Waals surface area contributed by atoms with Crippen LogP contribution < -0.4 is 9.47 Å². The van der Waals surface area contributed by atoms with Crippen molar-refractivity contribution in [2.45, 2.75) is 139 Å². The normalized spacial score (nSPS) is 24.1. The van der Waals surface area contributed by atoms with Gasteiger partial charge in [0, 0.05) is 49.0 Å². The monoisotopic (exact) mass is 929 g/mol. The highest BCUT2D eigenvalue weighted by atomic mass is 32.2. The van der Waals surface area contributed by atoms with Crippen molar-refractivity contribution in [2.75, 3.05) is 26.1 Å². The summed E-state index contributed by atoms with van der Waals surface area (Å²) in [4.78, 5) is 25.1. The van der Waals surface area contributed by atoms with Gasteiger partial charge in [-0.3, -0.25) is 4.79 Å². The van der Waals surface area contributed by atoms with Gasteiger partial charge in [-0.1, -0.05) is 98.3 Å². The molecule has 1 heterocycles. The van der Waals surface area contributed by atoms with Gasteiger partial charge in [-0.15, -0.1) is 18.3 Å². The number of thioether (sulfide) groups is 1. The number of nitrogens with zero attached hydrogens (tertiary/aromatic N) is 2. The Labute approximate surface area is 403 Å². The fourth-order valence-electron chi connectivity index (χ4n) is 11.4. The summed E-state index contributed by atoms with van der Waals surface area (Å²) in [7, 11) is 0. The number of carbonyl (C=O) groups is 1. The Hall–Kier alpha value is -4.61. The van der Waals surface area contributed by atoms with Crippen molar-refractivity contribution in [2.24, 2.45) is 28.8 Å². The molecule has 10 heteroatoms. The standard InChI is InChI=1S/C57H72N2O7S/c1-6-34-63-57-52(59(53(62)31-24-39-16-7-8-17-39)38-42-21-15-20-40-18-9-10-22-46(40)42)37-50(58-66-56(2,3)4)48-35-41(19-11-13-32-60)47(23-12-14-33-61)54(55(48)57)49-36-44(27-30-51(49)65-57)64-43-25-28-45(67-5)29-26-43/h6,9-10,15,18,20-22,25-30,35-36,39,41,47,52,54-55,60-61H,1,7-8,11-14,16-17,19,23-24,31-34,37-38H2,2-5H3/t41-,47+,52-,54+,55+,57+/m0/s1. The maximum absolute atomic E-state index is 15.5. The van der Waals surface area contributed by atoms with E-state index < -0.39 is 23.3 Å². The third-order valence-corrected chi connectivity index (χ3v) is 15.3. The Morgan fingerprint density at radius 3 is 2.39 bits per heavy atom. The molecule has 6 atom stereocenters. The van der Waals surface area contributed by atoms with Crippen molar-refractivity contribution in [3.05, 3.63) is 120 Å². The first-order valence-electron chi connectivity index (χ1n) is 24.9. The number of benzene rings is 4. The molecule has 4 aromatic carbocycles. The van der Waals surface area contributed by atoms with Crippen LogP contribution in [0.5, 0.6) is 17.2 Å². The lowest BCUT2D eigenvalue weighted by Crippen LogP contribution is -2.70. The summed E-state index contributed by atoms with van der Waals surface area (Å²) in [6.07, 6.45) is 17.5. The van der Waals surface area contributed by atoms with Crippen LogP contribution in [0.4, 0.5) is 0 Å². The molecule has 358 valence electrons. The Morgan fingerprint density at radius 1 is 0.925 bits per heavy atom. The number of hydrogen-bond acceptors (Lipinski definition) is 9. The van der Waals surface area contributed by atoms with Crippen LogP contribution in [0, 0.1) is 23.7 Å². The molecule has 0 radical (unpaired) electrons. The molecule has 1 amide bonds. The van der Waals surface area contributed by atoms with E-state index in [9.17, 15) is 10.2 Å². The average Bonchev–Trinajstić information content (AvgIpc) is 3.86. The van der Waals surface area contributed by atoms with Gasteiger partial charge in [0.05, 0.1) is 18.2 Å². The first kappa shape index (κ1) is 48.8. The SMILES string of the molecule is C=CCO[C@@]12Oc3ccc(Oc4ccc(SC)cc4)cc3[C@H]3[C@H](CCCCO)[C@@H](CCCCO)C=C(C(=NOC(C)(C)C)C[C@@H]1N(Cc1cccc4ccccc14)C(=O)CCC1CCCC1)[C@H]32. The van der Waals surface area contributed by atoms with Crippen molar-refractivity contribution in [3.8, 4) is 17.2 Å². The van der Waals surface area contributed by atoms with Gasteiger partial charge in [0.25, 0.3) is 0 Å². The smallest absolute Gasteiger partial charge is 0.239 e. The number of fused-ring (bicyclic) bond motifs is 3. The second-order valence-electron chi connectivity index (χ2n) is 20.1. The topological polar surface area (TPSA) is 110 Å². The van der Waals surface area contributed by atoms with Crippen molar-refractivity contribution in [1.82, 2.24) is 4.90 Å². The van der Waals surface area contributed by atoms with E-state index in [1.54, 1.807) is 17.8 Å². The van der Waals surface area contributed by atoms with E-state index in [0.29, 0.717) is 49.6 Å². The minimum absolute atomic E-state index is 0.0781. The van der Waals surface area contributed by atoms with Crippen LogP contribution in [0.1, 0.15) is 121 Å². The molecule has 2 N–H and O–H groups in total. The van der Waals surface area contributed by atoms with Crippen molar-refractivity contribution < 1.29 is 34.1 Å². The molecule has 67 heavy (non-hydrogen) atoms. The zero-order valence-electron chi connectivity index (χ0n) is 40.2.